The van der Waals surface area contributed by atoms with Gasteiger partial charge in [-0.1, -0.05) is 0 Å². The summed E-state index contributed by atoms with van der Waals surface area (Å²) in [7, 11) is 1.53. The summed E-state index contributed by atoms with van der Waals surface area (Å²) in [6, 6.07) is 3.61. The summed E-state index contributed by atoms with van der Waals surface area (Å²) in [5.41, 5.74) is 7.08. The highest BCUT2D eigenvalue weighted by Crippen LogP contribution is 2.25. The van der Waals surface area contributed by atoms with E-state index >= 15 is 0 Å². The van der Waals surface area contributed by atoms with E-state index in [9.17, 15) is 4.79 Å². The van der Waals surface area contributed by atoms with Crippen LogP contribution in [-0.4, -0.2) is 52.5 Å². The Hall–Kier alpha value is -2.84. The summed E-state index contributed by atoms with van der Waals surface area (Å²) in [6.07, 6.45) is 1.14. The maximum atomic E-state index is 11.1. The zero-order valence-corrected chi connectivity index (χ0v) is 11.4. The molecule has 0 aliphatic carbocycles. The third-order valence-corrected chi connectivity index (χ3v) is 3.14. The van der Waals surface area contributed by atoms with Crippen molar-refractivity contribution in [2.24, 2.45) is 0 Å². The summed E-state index contributed by atoms with van der Waals surface area (Å²) in [5.74, 6) is 0.874. The van der Waals surface area contributed by atoms with Crippen LogP contribution in [0.4, 0.5) is 16.6 Å². The molecule has 1 aliphatic rings. The molecule has 3 rings (SSSR count). The Morgan fingerprint density at radius 3 is 2.95 bits per heavy atom. The molecule has 0 saturated carbocycles. The number of ether oxygens (including phenoxy) is 1. The van der Waals surface area contributed by atoms with Crippen molar-refractivity contribution in [2.75, 3.05) is 30.8 Å². The Kier molecular flexibility index (Phi) is 3.30. The fraction of sp³-hybridized carbons (Fsp3) is 0.333. The van der Waals surface area contributed by atoms with Crippen LogP contribution in [0.2, 0.25) is 0 Å². The second-order valence-corrected chi connectivity index (χ2v) is 4.61. The van der Waals surface area contributed by atoms with Crippen molar-refractivity contribution in [2.45, 2.75) is 6.10 Å². The molecule has 2 aromatic rings. The number of hydrogen-bond acceptors (Lipinski definition) is 7. The smallest absolute Gasteiger partial charge is 0.407 e. The summed E-state index contributed by atoms with van der Waals surface area (Å²) in [4.78, 5) is 21.4. The Labute approximate surface area is 120 Å². The number of nitrogens with two attached hydrogens (primary N) is 1. The molecule has 1 saturated heterocycles. The molecule has 3 heterocycles. The van der Waals surface area contributed by atoms with Crippen LogP contribution in [0.3, 0.4) is 0 Å². The summed E-state index contributed by atoms with van der Waals surface area (Å²) in [5, 5.41) is 9.22. The van der Waals surface area contributed by atoms with Crippen molar-refractivity contribution in [3.63, 3.8) is 0 Å². The van der Waals surface area contributed by atoms with E-state index in [1.807, 2.05) is 11.0 Å². The van der Waals surface area contributed by atoms with Crippen LogP contribution in [0.1, 0.15) is 0 Å². The first-order valence-corrected chi connectivity index (χ1v) is 6.43. The molecule has 9 nitrogen and oxygen atoms in total. The third-order valence-electron chi connectivity index (χ3n) is 3.14. The first-order valence-electron chi connectivity index (χ1n) is 6.43. The van der Waals surface area contributed by atoms with E-state index in [-0.39, 0.29) is 12.1 Å². The van der Waals surface area contributed by atoms with Crippen LogP contribution in [0, 0.1) is 0 Å². The van der Waals surface area contributed by atoms with Gasteiger partial charge in [-0.3, -0.25) is 5.10 Å². The molecule has 110 valence electrons. The van der Waals surface area contributed by atoms with Gasteiger partial charge >= 0.3 is 6.09 Å². The zero-order valence-electron chi connectivity index (χ0n) is 11.4. The lowest BCUT2D eigenvalue weighted by Crippen LogP contribution is -2.54. The highest BCUT2D eigenvalue weighted by Gasteiger charge is 2.31. The average Bonchev–Trinajstić information content (AvgIpc) is 2.95. The number of nitrogen functional groups attached to an aromatic ring is 1. The minimum absolute atomic E-state index is 0.144. The average molecular weight is 289 g/mol. The number of carbonyl (C=O) groups excluding carboxylic acids is 1. The van der Waals surface area contributed by atoms with Gasteiger partial charge in [-0.25, -0.2) is 9.78 Å². The van der Waals surface area contributed by atoms with E-state index in [2.05, 4.69) is 25.5 Å². The predicted molar refractivity (Wildman–Crippen MR) is 75.6 cm³/mol. The zero-order chi connectivity index (χ0) is 14.8. The molecule has 21 heavy (non-hydrogen) atoms. The quantitative estimate of drug-likeness (QED) is 0.726. The second-order valence-electron chi connectivity index (χ2n) is 4.61. The predicted octanol–water partition coefficient (Wildman–Crippen LogP) is -0.00650. The van der Waals surface area contributed by atoms with Gasteiger partial charge in [0, 0.05) is 19.3 Å². The van der Waals surface area contributed by atoms with Crippen LogP contribution >= 0.6 is 0 Å². The Bertz CT molecular complexity index is 637. The minimum atomic E-state index is -0.431. The van der Waals surface area contributed by atoms with Crippen LogP contribution in [0.15, 0.2) is 18.3 Å². The lowest BCUT2D eigenvalue weighted by Gasteiger charge is -2.39. The van der Waals surface area contributed by atoms with Crippen LogP contribution in [-0.2, 0) is 4.74 Å². The molecular formula is C12H15N7O2. The standard InChI is InChI=1S/C12H15N7O2/c1-14-12(20)21-7-5-19(6-7)10-4-9(16-11(13)17-10)8-2-3-15-18-8/h2-4,7H,5-6H2,1H3,(H,14,20)(H,15,18)(H2,13,16,17). The molecule has 0 unspecified atom stereocenters. The van der Waals surface area contributed by atoms with Crippen LogP contribution in [0.25, 0.3) is 11.4 Å². The molecule has 1 fully saturated rings. The molecule has 2 aromatic heterocycles. The van der Waals surface area contributed by atoms with Gasteiger partial charge in [0.2, 0.25) is 5.95 Å². The normalized spacial score (nSPS) is 14.6. The molecule has 0 radical (unpaired) electrons. The van der Waals surface area contributed by atoms with Crippen LogP contribution < -0.4 is 16.0 Å². The summed E-state index contributed by atoms with van der Waals surface area (Å²) in [6.45, 7) is 1.15. The first-order chi connectivity index (χ1) is 10.2. The van der Waals surface area contributed by atoms with Crippen molar-refractivity contribution in [3.05, 3.63) is 18.3 Å². The number of H-pyrrole nitrogens is 1. The topological polar surface area (TPSA) is 122 Å². The number of hydrogen-bond donors (Lipinski definition) is 3. The molecule has 9 heteroatoms. The van der Waals surface area contributed by atoms with Crippen molar-refractivity contribution in [1.82, 2.24) is 25.5 Å². The monoisotopic (exact) mass is 289 g/mol. The fourth-order valence-electron chi connectivity index (χ4n) is 2.06. The highest BCUT2D eigenvalue weighted by atomic mass is 16.6. The van der Waals surface area contributed by atoms with E-state index in [1.54, 1.807) is 12.3 Å². The molecule has 1 aliphatic heterocycles. The molecule has 0 aromatic carbocycles. The number of anilines is 2. The number of nitrogens with zero attached hydrogens (tertiary/aromatic N) is 4. The number of amides is 1. The van der Waals surface area contributed by atoms with Crippen molar-refractivity contribution < 1.29 is 9.53 Å². The number of carbonyl (C=O) groups is 1. The van der Waals surface area contributed by atoms with Crippen molar-refractivity contribution >= 4 is 17.9 Å². The van der Waals surface area contributed by atoms with E-state index < -0.39 is 6.09 Å². The number of rotatable bonds is 3. The Balaban J connectivity index is 1.71. The SMILES string of the molecule is CNC(=O)OC1CN(c2cc(-c3cc[nH]n3)nc(N)n2)C1. The van der Waals surface area contributed by atoms with Gasteiger partial charge in [-0.2, -0.15) is 10.1 Å². The fourth-order valence-corrected chi connectivity index (χ4v) is 2.06. The Morgan fingerprint density at radius 2 is 2.29 bits per heavy atom. The molecule has 0 atom stereocenters. The summed E-state index contributed by atoms with van der Waals surface area (Å²) < 4.78 is 5.14. The van der Waals surface area contributed by atoms with Crippen molar-refractivity contribution in [1.29, 1.82) is 0 Å². The second kappa shape index (κ2) is 5.27. The van der Waals surface area contributed by atoms with Crippen LogP contribution in [0.5, 0.6) is 0 Å². The minimum Gasteiger partial charge on any atom is -0.442 e. The lowest BCUT2D eigenvalue weighted by molar-refractivity contribution is 0.0823. The largest absolute Gasteiger partial charge is 0.442 e. The highest BCUT2D eigenvalue weighted by molar-refractivity contribution is 5.67. The number of aromatic amines is 1. The van der Waals surface area contributed by atoms with Gasteiger partial charge < -0.3 is 20.7 Å². The molecule has 0 bridgehead atoms. The summed E-state index contributed by atoms with van der Waals surface area (Å²) >= 11 is 0. The van der Waals surface area contributed by atoms with Gasteiger partial charge in [-0.15, -0.1) is 0 Å². The maximum Gasteiger partial charge on any atom is 0.407 e. The lowest BCUT2D eigenvalue weighted by atomic mass is 10.1. The third kappa shape index (κ3) is 2.71. The number of alkyl carbamates (subject to hydrolysis) is 1. The van der Waals surface area contributed by atoms with Gasteiger partial charge in [-0.05, 0) is 6.07 Å². The molecule has 0 spiro atoms. The van der Waals surface area contributed by atoms with E-state index in [0.29, 0.717) is 30.3 Å². The molecule has 4 N–H and O–H groups in total. The van der Waals surface area contributed by atoms with E-state index in [4.69, 9.17) is 10.5 Å². The van der Waals surface area contributed by atoms with Crippen molar-refractivity contribution in [3.8, 4) is 11.4 Å². The first kappa shape index (κ1) is 13.2. The van der Waals surface area contributed by atoms with Gasteiger partial charge in [0.15, 0.2) is 0 Å². The maximum absolute atomic E-state index is 11.1. The van der Waals surface area contributed by atoms with Gasteiger partial charge in [0.05, 0.1) is 18.8 Å². The van der Waals surface area contributed by atoms with Gasteiger partial charge in [0.25, 0.3) is 0 Å². The molecular weight excluding hydrogens is 274 g/mol. The van der Waals surface area contributed by atoms with Gasteiger partial charge in [0.1, 0.15) is 17.6 Å². The molecule has 1 amide bonds. The Morgan fingerprint density at radius 1 is 1.48 bits per heavy atom. The van der Waals surface area contributed by atoms with E-state index in [1.165, 1.54) is 7.05 Å². The number of aromatic nitrogens is 4. The number of nitrogens with one attached hydrogen (secondary N) is 2. The van der Waals surface area contributed by atoms with E-state index in [0.717, 1.165) is 0 Å².